The molecular weight excluding hydrogens is 564 g/mol. The summed E-state index contributed by atoms with van der Waals surface area (Å²) in [5, 5.41) is 3.17. The Morgan fingerprint density at radius 1 is 1.17 bits per heavy atom. The molecule has 2 N–H and O–H groups in total. The van der Waals surface area contributed by atoms with Crippen LogP contribution in [0.25, 0.3) is 33.3 Å². The van der Waals surface area contributed by atoms with Gasteiger partial charge in [-0.05, 0) is 60.9 Å². The lowest BCUT2D eigenvalue weighted by molar-refractivity contribution is 0.0964. The molecule has 6 rings (SSSR count). The minimum Gasteiger partial charge on any atom is -0.455 e. The molecule has 1 amide bonds. The quantitative estimate of drug-likeness (QED) is 0.273. The Morgan fingerprint density at radius 2 is 1.93 bits per heavy atom. The van der Waals surface area contributed by atoms with E-state index >= 15 is 0 Å². The van der Waals surface area contributed by atoms with E-state index in [4.69, 9.17) is 4.42 Å². The summed E-state index contributed by atoms with van der Waals surface area (Å²) in [7, 11) is -0.668. The highest BCUT2D eigenvalue weighted by Crippen LogP contribution is 2.42. The number of amides is 1. The van der Waals surface area contributed by atoms with Crippen LogP contribution in [0, 0.1) is 11.6 Å². The molecule has 0 bridgehead atoms. The third kappa shape index (κ3) is 4.85. The van der Waals surface area contributed by atoms with Crippen molar-refractivity contribution in [2.24, 2.45) is 0 Å². The molecule has 218 valence electrons. The zero-order chi connectivity index (χ0) is 29.8. The van der Waals surface area contributed by atoms with E-state index in [2.05, 4.69) is 15.3 Å². The summed E-state index contributed by atoms with van der Waals surface area (Å²) < 4.78 is 60.9. The normalized spacial score (nSPS) is 15.8. The van der Waals surface area contributed by atoms with Crippen LogP contribution in [-0.4, -0.2) is 57.7 Å². The summed E-state index contributed by atoms with van der Waals surface area (Å²) in [6.45, 7) is 1.16. The van der Waals surface area contributed by atoms with Crippen LogP contribution in [0.2, 0.25) is 0 Å². The second-order valence-corrected chi connectivity index (χ2v) is 12.5. The van der Waals surface area contributed by atoms with E-state index in [1.54, 1.807) is 18.2 Å². The van der Waals surface area contributed by atoms with Crippen molar-refractivity contribution in [3.05, 3.63) is 77.4 Å². The van der Waals surface area contributed by atoms with Crippen LogP contribution < -0.4 is 14.5 Å². The first-order valence-corrected chi connectivity index (χ1v) is 15.3. The van der Waals surface area contributed by atoms with Gasteiger partial charge in [0.15, 0.2) is 5.82 Å². The summed E-state index contributed by atoms with van der Waals surface area (Å²) >= 11 is 0. The second-order valence-electron chi connectivity index (χ2n) is 10.5. The summed E-state index contributed by atoms with van der Waals surface area (Å²) in [5.74, 6) is -0.592. The molecule has 5 aromatic rings. The fraction of sp³-hybridized carbons (Fsp3) is 0.267. The van der Waals surface area contributed by atoms with Crippen LogP contribution >= 0.6 is 0 Å². The number of rotatable bonds is 6. The number of nitrogens with zero attached hydrogens (tertiary/aromatic N) is 3. The van der Waals surface area contributed by atoms with Gasteiger partial charge in [0, 0.05) is 50.1 Å². The van der Waals surface area contributed by atoms with Crippen molar-refractivity contribution in [2.75, 3.05) is 42.6 Å². The zero-order valence-corrected chi connectivity index (χ0v) is 24.1. The zero-order valence-electron chi connectivity index (χ0n) is 23.2. The molecule has 1 fully saturated rings. The number of halogens is 2. The van der Waals surface area contributed by atoms with E-state index in [-0.39, 0.29) is 22.8 Å². The number of anilines is 2. The SMILES string of the molecule is CNC(=O)c1c(-c2ccc(F)cc2)oc2cc(N(C)S(C)(=O)=O)c(C3CCCN(c4nc5c(F)cccc5[nH]4)C3)cc12. The van der Waals surface area contributed by atoms with E-state index in [1.807, 2.05) is 11.0 Å². The lowest BCUT2D eigenvalue weighted by Gasteiger charge is -2.34. The van der Waals surface area contributed by atoms with Crippen LogP contribution in [0.3, 0.4) is 0 Å². The summed E-state index contributed by atoms with van der Waals surface area (Å²) in [5.41, 5.74) is 3.10. The van der Waals surface area contributed by atoms with Gasteiger partial charge >= 0.3 is 0 Å². The molecule has 1 unspecified atom stereocenters. The van der Waals surface area contributed by atoms with E-state index < -0.39 is 27.6 Å². The van der Waals surface area contributed by atoms with E-state index in [9.17, 15) is 22.0 Å². The molecule has 0 radical (unpaired) electrons. The minimum atomic E-state index is -3.66. The van der Waals surface area contributed by atoms with Crippen molar-refractivity contribution >= 4 is 49.6 Å². The monoisotopic (exact) mass is 593 g/mol. The Labute approximate surface area is 241 Å². The molecule has 1 aliphatic rings. The highest BCUT2D eigenvalue weighted by molar-refractivity contribution is 7.92. The molecule has 2 aromatic heterocycles. The smallest absolute Gasteiger partial charge is 0.255 e. The highest BCUT2D eigenvalue weighted by Gasteiger charge is 2.31. The summed E-state index contributed by atoms with van der Waals surface area (Å²) in [4.78, 5) is 22.9. The fourth-order valence-corrected chi connectivity index (χ4v) is 6.15. The van der Waals surface area contributed by atoms with Crippen LogP contribution in [-0.2, 0) is 10.0 Å². The van der Waals surface area contributed by atoms with Gasteiger partial charge in [0.05, 0.1) is 23.0 Å². The Bertz CT molecular complexity index is 1930. The second kappa shape index (κ2) is 10.4. The first kappa shape index (κ1) is 27.7. The maximum atomic E-state index is 14.4. The largest absolute Gasteiger partial charge is 0.455 e. The minimum absolute atomic E-state index is 0.151. The molecule has 0 saturated carbocycles. The predicted octanol–water partition coefficient (Wildman–Crippen LogP) is 5.39. The van der Waals surface area contributed by atoms with Crippen molar-refractivity contribution in [1.29, 1.82) is 0 Å². The van der Waals surface area contributed by atoms with Gasteiger partial charge in [0.2, 0.25) is 16.0 Å². The number of H-pyrrole nitrogens is 1. The lowest BCUT2D eigenvalue weighted by Crippen LogP contribution is -2.36. The van der Waals surface area contributed by atoms with E-state index in [0.717, 1.165) is 24.7 Å². The summed E-state index contributed by atoms with van der Waals surface area (Å²) in [6, 6.07) is 13.8. The number of carbonyl (C=O) groups is 1. The van der Waals surface area contributed by atoms with Crippen LogP contribution in [0.4, 0.5) is 20.4 Å². The molecule has 3 aromatic carbocycles. The number of imidazole rings is 1. The lowest BCUT2D eigenvalue weighted by atomic mass is 9.88. The van der Waals surface area contributed by atoms with E-state index in [0.29, 0.717) is 46.8 Å². The van der Waals surface area contributed by atoms with Gasteiger partial charge in [-0.2, -0.15) is 0 Å². The number of sulfonamides is 1. The molecule has 1 saturated heterocycles. The van der Waals surface area contributed by atoms with E-state index in [1.165, 1.54) is 48.7 Å². The maximum Gasteiger partial charge on any atom is 0.255 e. The first-order chi connectivity index (χ1) is 20.0. The Balaban J connectivity index is 1.50. The van der Waals surface area contributed by atoms with Crippen molar-refractivity contribution in [2.45, 2.75) is 18.8 Å². The molecule has 42 heavy (non-hydrogen) atoms. The van der Waals surface area contributed by atoms with Gasteiger partial charge < -0.3 is 19.6 Å². The van der Waals surface area contributed by atoms with Gasteiger partial charge in [0.1, 0.15) is 22.7 Å². The molecule has 1 aliphatic heterocycles. The van der Waals surface area contributed by atoms with Crippen LogP contribution in [0.5, 0.6) is 0 Å². The molecule has 9 nitrogen and oxygen atoms in total. The number of aromatic nitrogens is 2. The predicted molar refractivity (Wildman–Crippen MR) is 158 cm³/mol. The standard InChI is InChI=1S/C30H29F2N5O4S/c1-33-29(38)26-21-14-20(18-6-5-13-37(16-18)30-34-23-8-4-7-22(32)27(23)35-30)24(36(2)42(3,39)40)15-25(21)41-28(26)17-9-11-19(31)12-10-17/h4,7-12,14-15,18H,5-6,13,16H2,1-3H3,(H,33,38)(H,34,35). The molecule has 12 heteroatoms. The Hall–Kier alpha value is -4.45. The van der Waals surface area contributed by atoms with Gasteiger partial charge in [-0.25, -0.2) is 22.2 Å². The van der Waals surface area contributed by atoms with Crippen molar-refractivity contribution in [3.63, 3.8) is 0 Å². The van der Waals surface area contributed by atoms with Crippen LogP contribution in [0.15, 0.2) is 59.0 Å². The number of benzene rings is 3. The third-order valence-electron chi connectivity index (χ3n) is 7.85. The Kier molecular flexibility index (Phi) is 6.88. The number of aromatic amines is 1. The first-order valence-electron chi connectivity index (χ1n) is 13.5. The number of carbonyl (C=O) groups excluding carboxylic acids is 1. The molecular formula is C30H29F2N5O4S. The average Bonchev–Trinajstić information content (AvgIpc) is 3.58. The van der Waals surface area contributed by atoms with Crippen molar-refractivity contribution in [1.82, 2.24) is 15.3 Å². The molecule has 3 heterocycles. The Morgan fingerprint density at radius 3 is 2.62 bits per heavy atom. The molecule has 0 aliphatic carbocycles. The highest BCUT2D eigenvalue weighted by atomic mass is 32.2. The van der Waals surface area contributed by atoms with Crippen molar-refractivity contribution < 1.29 is 26.4 Å². The fourth-order valence-electron chi connectivity index (χ4n) is 5.64. The number of para-hydroxylation sites is 1. The van der Waals surface area contributed by atoms with Gasteiger partial charge in [-0.15, -0.1) is 0 Å². The molecule has 1 atom stereocenters. The summed E-state index contributed by atoms with van der Waals surface area (Å²) in [6.07, 6.45) is 2.65. The number of hydrogen-bond donors (Lipinski definition) is 2. The van der Waals surface area contributed by atoms with Gasteiger partial charge in [-0.1, -0.05) is 6.07 Å². The van der Waals surface area contributed by atoms with Crippen molar-refractivity contribution in [3.8, 4) is 11.3 Å². The number of furan rings is 1. The molecule has 0 spiro atoms. The number of hydrogen-bond acceptors (Lipinski definition) is 6. The van der Waals surface area contributed by atoms with Gasteiger partial charge in [-0.3, -0.25) is 9.10 Å². The third-order valence-corrected chi connectivity index (χ3v) is 9.04. The average molecular weight is 594 g/mol. The van der Waals surface area contributed by atoms with Crippen LogP contribution in [0.1, 0.15) is 34.7 Å². The van der Waals surface area contributed by atoms with Gasteiger partial charge in [0.25, 0.3) is 5.91 Å². The maximum absolute atomic E-state index is 14.4. The number of fused-ring (bicyclic) bond motifs is 2. The number of piperidine rings is 1. The number of nitrogens with one attached hydrogen (secondary N) is 2. The topological polar surface area (TPSA) is 112 Å².